The second-order valence-corrected chi connectivity index (χ2v) is 5.07. The standard InChI is InChI=1S/C8H5Br3O2/c9-5-1-4(7(11)3-12)2-6(10)8(5)13/h1-3,7,13H. The molecule has 0 bridgehead atoms. The van der Waals surface area contributed by atoms with Crippen LogP contribution in [0.1, 0.15) is 10.4 Å². The van der Waals surface area contributed by atoms with Gasteiger partial charge < -0.3 is 9.90 Å². The fraction of sp³-hybridized carbons (Fsp3) is 0.125. The van der Waals surface area contributed by atoms with Gasteiger partial charge in [-0.3, -0.25) is 0 Å². The first kappa shape index (κ1) is 11.2. The predicted molar refractivity (Wildman–Crippen MR) is 61.2 cm³/mol. The lowest BCUT2D eigenvalue weighted by molar-refractivity contribution is -0.107. The van der Waals surface area contributed by atoms with Gasteiger partial charge in [0.15, 0.2) is 0 Å². The molecule has 0 amide bonds. The summed E-state index contributed by atoms with van der Waals surface area (Å²) in [5, 5.41) is 9.39. The van der Waals surface area contributed by atoms with Gasteiger partial charge in [-0.05, 0) is 49.6 Å². The van der Waals surface area contributed by atoms with Crippen molar-refractivity contribution in [2.45, 2.75) is 4.83 Å². The Morgan fingerprint density at radius 2 is 1.77 bits per heavy atom. The van der Waals surface area contributed by atoms with Crippen molar-refractivity contribution in [3.8, 4) is 5.75 Å². The van der Waals surface area contributed by atoms with Crippen LogP contribution in [-0.2, 0) is 4.79 Å². The van der Waals surface area contributed by atoms with Crippen LogP contribution in [0.5, 0.6) is 5.75 Å². The first-order valence-electron chi connectivity index (χ1n) is 3.33. The van der Waals surface area contributed by atoms with E-state index in [4.69, 9.17) is 0 Å². The summed E-state index contributed by atoms with van der Waals surface area (Å²) in [6.45, 7) is 0. The van der Waals surface area contributed by atoms with E-state index in [2.05, 4.69) is 47.8 Å². The molecule has 1 unspecified atom stereocenters. The average molecular weight is 373 g/mol. The molecule has 1 atom stereocenters. The van der Waals surface area contributed by atoms with Gasteiger partial charge in [-0.25, -0.2) is 0 Å². The maximum atomic E-state index is 10.5. The molecule has 0 heterocycles. The highest BCUT2D eigenvalue weighted by atomic mass is 79.9. The number of hydrogen-bond donors (Lipinski definition) is 1. The van der Waals surface area contributed by atoms with Crippen molar-refractivity contribution in [2.24, 2.45) is 0 Å². The Balaban J connectivity index is 3.20. The van der Waals surface area contributed by atoms with E-state index in [9.17, 15) is 9.90 Å². The summed E-state index contributed by atoms with van der Waals surface area (Å²) >= 11 is 9.54. The van der Waals surface area contributed by atoms with Gasteiger partial charge in [-0.15, -0.1) is 0 Å². The third kappa shape index (κ3) is 2.54. The number of hydrogen-bond acceptors (Lipinski definition) is 2. The summed E-state index contributed by atoms with van der Waals surface area (Å²) < 4.78 is 1.12. The van der Waals surface area contributed by atoms with Crippen LogP contribution in [-0.4, -0.2) is 11.4 Å². The van der Waals surface area contributed by atoms with Gasteiger partial charge in [0.2, 0.25) is 0 Å². The highest BCUT2D eigenvalue weighted by Gasteiger charge is 2.11. The zero-order chi connectivity index (χ0) is 10.0. The molecule has 0 aromatic heterocycles. The molecule has 0 fully saturated rings. The molecule has 0 saturated heterocycles. The van der Waals surface area contributed by atoms with Crippen LogP contribution >= 0.6 is 47.8 Å². The van der Waals surface area contributed by atoms with E-state index in [1.54, 1.807) is 12.1 Å². The first-order valence-corrected chi connectivity index (χ1v) is 5.83. The van der Waals surface area contributed by atoms with Crippen LogP contribution in [0, 0.1) is 0 Å². The Bertz CT molecular complexity index is 315. The Kier molecular flexibility index (Phi) is 3.94. The quantitative estimate of drug-likeness (QED) is 0.636. The molecule has 1 aromatic carbocycles. The molecular weight excluding hydrogens is 368 g/mol. The number of alkyl halides is 1. The molecule has 0 aliphatic rings. The molecule has 0 aliphatic heterocycles. The van der Waals surface area contributed by atoms with Crippen molar-refractivity contribution in [3.05, 3.63) is 26.6 Å². The molecule has 1 rings (SSSR count). The molecule has 70 valence electrons. The number of aldehydes is 1. The number of halogens is 3. The normalized spacial score (nSPS) is 12.5. The summed E-state index contributed by atoms with van der Waals surface area (Å²) in [6, 6.07) is 3.38. The van der Waals surface area contributed by atoms with Gasteiger partial charge in [0.1, 0.15) is 12.0 Å². The molecule has 0 aliphatic carbocycles. The fourth-order valence-corrected chi connectivity index (χ4v) is 2.31. The molecule has 5 heteroatoms. The zero-order valence-electron chi connectivity index (χ0n) is 6.30. The number of aromatic hydroxyl groups is 1. The van der Waals surface area contributed by atoms with Gasteiger partial charge in [-0.1, -0.05) is 15.9 Å². The average Bonchev–Trinajstić information content (AvgIpc) is 2.12. The number of benzene rings is 1. The van der Waals surface area contributed by atoms with Crippen LogP contribution in [0.15, 0.2) is 21.1 Å². The maximum Gasteiger partial charge on any atom is 0.143 e. The second kappa shape index (κ2) is 4.57. The molecule has 0 saturated carbocycles. The minimum Gasteiger partial charge on any atom is -0.506 e. The van der Waals surface area contributed by atoms with Gasteiger partial charge in [0, 0.05) is 0 Å². The largest absolute Gasteiger partial charge is 0.506 e. The number of phenols is 1. The van der Waals surface area contributed by atoms with Crippen molar-refractivity contribution in [2.75, 3.05) is 0 Å². The molecule has 1 N–H and O–H groups in total. The van der Waals surface area contributed by atoms with Crippen molar-refractivity contribution in [3.63, 3.8) is 0 Å². The van der Waals surface area contributed by atoms with E-state index in [0.717, 1.165) is 11.8 Å². The van der Waals surface area contributed by atoms with Gasteiger partial charge in [0.05, 0.1) is 13.8 Å². The fourth-order valence-electron chi connectivity index (χ4n) is 0.823. The van der Waals surface area contributed by atoms with Gasteiger partial charge in [-0.2, -0.15) is 0 Å². The smallest absolute Gasteiger partial charge is 0.143 e. The molecular formula is C8H5Br3O2. The van der Waals surface area contributed by atoms with Crippen molar-refractivity contribution in [1.29, 1.82) is 0 Å². The number of phenolic OH excluding ortho intramolecular Hbond substituents is 1. The van der Waals surface area contributed by atoms with Crippen LogP contribution < -0.4 is 0 Å². The van der Waals surface area contributed by atoms with E-state index in [1.165, 1.54) is 0 Å². The maximum absolute atomic E-state index is 10.5. The molecule has 2 nitrogen and oxygen atoms in total. The monoisotopic (exact) mass is 370 g/mol. The van der Waals surface area contributed by atoms with Crippen molar-refractivity contribution < 1.29 is 9.90 Å². The van der Waals surface area contributed by atoms with E-state index in [-0.39, 0.29) is 10.6 Å². The summed E-state index contributed by atoms with van der Waals surface area (Å²) in [4.78, 5) is 10.1. The molecule has 0 radical (unpaired) electrons. The summed E-state index contributed by atoms with van der Waals surface area (Å²) in [5.41, 5.74) is 0.784. The highest BCUT2D eigenvalue weighted by Crippen LogP contribution is 2.36. The predicted octanol–water partition coefficient (Wildman–Crippen LogP) is 3.55. The lowest BCUT2D eigenvalue weighted by Gasteiger charge is -2.06. The highest BCUT2D eigenvalue weighted by molar-refractivity contribution is 9.11. The number of carbonyl (C=O) groups is 1. The SMILES string of the molecule is O=CC(Br)c1cc(Br)c(O)c(Br)c1. The van der Waals surface area contributed by atoms with Crippen molar-refractivity contribution in [1.82, 2.24) is 0 Å². The Morgan fingerprint density at radius 1 is 1.31 bits per heavy atom. The van der Waals surface area contributed by atoms with E-state index < -0.39 is 0 Å². The Labute approximate surface area is 101 Å². The zero-order valence-corrected chi connectivity index (χ0v) is 11.1. The molecule has 13 heavy (non-hydrogen) atoms. The van der Waals surface area contributed by atoms with Crippen LogP contribution in [0.4, 0.5) is 0 Å². The lowest BCUT2D eigenvalue weighted by atomic mass is 10.2. The Hall–Kier alpha value is 0.130. The third-order valence-electron chi connectivity index (χ3n) is 1.48. The summed E-state index contributed by atoms with van der Waals surface area (Å²) in [5.74, 6) is 0.134. The number of rotatable bonds is 2. The van der Waals surface area contributed by atoms with Gasteiger partial charge in [0.25, 0.3) is 0 Å². The number of carbonyl (C=O) groups excluding carboxylic acids is 1. The van der Waals surface area contributed by atoms with Crippen LogP contribution in [0.25, 0.3) is 0 Å². The van der Waals surface area contributed by atoms with E-state index in [1.807, 2.05) is 0 Å². The first-order chi connectivity index (χ1) is 6.06. The summed E-state index contributed by atoms with van der Waals surface area (Å²) in [6.07, 6.45) is 0.783. The van der Waals surface area contributed by atoms with E-state index in [0.29, 0.717) is 8.95 Å². The molecule has 1 aromatic rings. The topological polar surface area (TPSA) is 37.3 Å². The van der Waals surface area contributed by atoms with E-state index >= 15 is 0 Å². The third-order valence-corrected chi connectivity index (χ3v) is 3.43. The van der Waals surface area contributed by atoms with Crippen molar-refractivity contribution >= 4 is 54.1 Å². The lowest BCUT2D eigenvalue weighted by Crippen LogP contribution is -1.90. The summed E-state index contributed by atoms with van der Waals surface area (Å²) in [7, 11) is 0. The Morgan fingerprint density at radius 3 is 2.15 bits per heavy atom. The molecule has 0 spiro atoms. The minimum absolute atomic E-state index is 0.134. The second-order valence-electron chi connectivity index (χ2n) is 2.37. The van der Waals surface area contributed by atoms with Crippen LogP contribution in [0.2, 0.25) is 0 Å². The van der Waals surface area contributed by atoms with Crippen LogP contribution in [0.3, 0.4) is 0 Å². The van der Waals surface area contributed by atoms with Gasteiger partial charge >= 0.3 is 0 Å². The minimum atomic E-state index is -0.347.